The normalized spacial score (nSPS) is 26.9. The highest BCUT2D eigenvalue weighted by atomic mass is 16.5. The highest BCUT2D eigenvalue weighted by Crippen LogP contribution is 2.39. The quantitative estimate of drug-likeness (QED) is 0.767. The number of carbonyl (C=O) groups excluding carboxylic acids is 2. The summed E-state index contributed by atoms with van der Waals surface area (Å²) in [7, 11) is 0. The zero-order valence-corrected chi connectivity index (χ0v) is 17.3. The highest BCUT2D eigenvalue weighted by Gasteiger charge is 2.43. The van der Waals surface area contributed by atoms with Gasteiger partial charge in [0.25, 0.3) is 0 Å². The summed E-state index contributed by atoms with van der Waals surface area (Å²) < 4.78 is 6.41. The van der Waals surface area contributed by atoms with Gasteiger partial charge in [-0.2, -0.15) is 0 Å². The zero-order chi connectivity index (χ0) is 19.3. The smallest absolute Gasteiger partial charge is 0.223 e. The molecule has 1 N–H and O–H groups in total. The van der Waals surface area contributed by atoms with Crippen LogP contribution in [0.15, 0.2) is 0 Å². The molecule has 0 radical (unpaired) electrons. The third kappa shape index (κ3) is 5.46. The summed E-state index contributed by atoms with van der Waals surface area (Å²) >= 11 is 0. The molecule has 1 aliphatic carbocycles. The first-order chi connectivity index (χ1) is 13.0. The Bertz CT molecular complexity index is 508. The fraction of sp³-hybridized carbons (Fsp3) is 0.909. The van der Waals surface area contributed by atoms with E-state index in [0.29, 0.717) is 24.8 Å². The Morgan fingerprint density at radius 3 is 2.48 bits per heavy atom. The van der Waals surface area contributed by atoms with Crippen molar-refractivity contribution in [2.24, 2.45) is 11.8 Å². The summed E-state index contributed by atoms with van der Waals surface area (Å²) in [6, 6.07) is 0. The number of hydrogen-bond acceptors (Lipinski definition) is 3. The van der Waals surface area contributed by atoms with Crippen LogP contribution in [0.1, 0.15) is 84.5 Å². The Morgan fingerprint density at radius 2 is 1.81 bits per heavy atom. The van der Waals surface area contributed by atoms with E-state index in [1.165, 1.54) is 19.3 Å². The van der Waals surface area contributed by atoms with Gasteiger partial charge in [0.2, 0.25) is 11.8 Å². The molecule has 27 heavy (non-hydrogen) atoms. The first-order valence-electron chi connectivity index (χ1n) is 11.2. The van der Waals surface area contributed by atoms with Crippen molar-refractivity contribution < 1.29 is 14.3 Å². The molecule has 2 atom stereocenters. The lowest BCUT2D eigenvalue weighted by Gasteiger charge is -2.39. The van der Waals surface area contributed by atoms with Crippen LogP contribution in [-0.4, -0.2) is 48.1 Å². The molecule has 5 nitrogen and oxygen atoms in total. The topological polar surface area (TPSA) is 58.6 Å². The Hall–Kier alpha value is -1.10. The molecule has 1 saturated carbocycles. The molecule has 1 spiro atoms. The van der Waals surface area contributed by atoms with Gasteiger partial charge in [-0.3, -0.25) is 9.59 Å². The standard InChI is InChI=1S/C22H38N2O3/c1-3-17(2)15-20(25)24-13-11-22(12-14-24)10-9-19(27-22)16-23-21(26)18-7-5-4-6-8-18/h17-19H,3-16H2,1-2H3,(H,23,26). The lowest BCUT2D eigenvalue weighted by molar-refractivity contribution is -0.139. The van der Waals surface area contributed by atoms with E-state index in [0.717, 1.165) is 58.0 Å². The van der Waals surface area contributed by atoms with Gasteiger partial charge in [-0.05, 0) is 44.4 Å². The number of piperidine rings is 1. The summed E-state index contributed by atoms with van der Waals surface area (Å²) in [5, 5.41) is 3.14. The van der Waals surface area contributed by atoms with Crippen molar-refractivity contribution in [1.29, 1.82) is 0 Å². The van der Waals surface area contributed by atoms with Gasteiger partial charge in [-0.25, -0.2) is 0 Å². The van der Waals surface area contributed by atoms with Crippen LogP contribution in [0, 0.1) is 11.8 Å². The van der Waals surface area contributed by atoms with E-state index in [2.05, 4.69) is 19.2 Å². The van der Waals surface area contributed by atoms with Gasteiger partial charge >= 0.3 is 0 Å². The second-order valence-corrected chi connectivity index (χ2v) is 9.14. The summed E-state index contributed by atoms with van der Waals surface area (Å²) in [5.74, 6) is 1.21. The van der Waals surface area contributed by atoms with Gasteiger partial charge in [0, 0.05) is 32.0 Å². The molecule has 5 heteroatoms. The summed E-state index contributed by atoms with van der Waals surface area (Å²) in [4.78, 5) is 26.8. The predicted octanol–water partition coefficient (Wildman–Crippen LogP) is 3.66. The molecule has 3 rings (SSSR count). The Morgan fingerprint density at radius 1 is 1.11 bits per heavy atom. The molecule has 2 heterocycles. The minimum absolute atomic E-state index is 0.0621. The van der Waals surface area contributed by atoms with Crippen LogP contribution in [0.3, 0.4) is 0 Å². The van der Waals surface area contributed by atoms with Crippen LogP contribution in [0.25, 0.3) is 0 Å². The number of amides is 2. The maximum atomic E-state index is 12.4. The van der Waals surface area contributed by atoms with E-state index in [-0.39, 0.29) is 23.5 Å². The molecular weight excluding hydrogens is 340 g/mol. The van der Waals surface area contributed by atoms with E-state index < -0.39 is 0 Å². The van der Waals surface area contributed by atoms with Gasteiger partial charge in [-0.15, -0.1) is 0 Å². The number of nitrogens with zero attached hydrogens (tertiary/aromatic N) is 1. The summed E-state index contributed by atoms with van der Waals surface area (Å²) in [6.07, 6.45) is 11.6. The maximum Gasteiger partial charge on any atom is 0.223 e. The number of ether oxygens (including phenoxy) is 1. The average Bonchev–Trinajstić information content (AvgIpc) is 3.09. The number of nitrogens with one attached hydrogen (secondary N) is 1. The van der Waals surface area contributed by atoms with Gasteiger partial charge in [0.1, 0.15) is 0 Å². The maximum absolute atomic E-state index is 12.4. The second-order valence-electron chi connectivity index (χ2n) is 9.14. The largest absolute Gasteiger partial charge is 0.370 e. The molecule has 0 aromatic carbocycles. The average molecular weight is 379 g/mol. The van der Waals surface area contributed by atoms with Gasteiger partial charge in [0.05, 0.1) is 11.7 Å². The molecule has 2 aliphatic heterocycles. The third-order valence-electron chi connectivity index (χ3n) is 7.07. The van der Waals surface area contributed by atoms with Gasteiger partial charge in [0.15, 0.2) is 0 Å². The van der Waals surface area contributed by atoms with Crippen LogP contribution < -0.4 is 5.32 Å². The summed E-state index contributed by atoms with van der Waals surface area (Å²) in [6.45, 7) is 6.57. The number of likely N-dealkylation sites (tertiary alicyclic amines) is 1. The molecule has 0 aromatic heterocycles. The van der Waals surface area contributed by atoms with Crippen LogP contribution in [0.5, 0.6) is 0 Å². The zero-order valence-electron chi connectivity index (χ0n) is 17.3. The summed E-state index contributed by atoms with van der Waals surface area (Å²) in [5.41, 5.74) is -0.0621. The molecule has 154 valence electrons. The van der Waals surface area contributed by atoms with Crippen LogP contribution in [-0.2, 0) is 14.3 Å². The first-order valence-corrected chi connectivity index (χ1v) is 11.2. The molecule has 3 aliphatic rings. The van der Waals surface area contributed by atoms with E-state index in [4.69, 9.17) is 4.74 Å². The number of rotatable bonds is 6. The van der Waals surface area contributed by atoms with Crippen molar-refractivity contribution in [1.82, 2.24) is 10.2 Å². The minimum atomic E-state index is -0.0621. The molecule has 2 unspecified atom stereocenters. The minimum Gasteiger partial charge on any atom is -0.370 e. The van der Waals surface area contributed by atoms with Crippen LogP contribution >= 0.6 is 0 Å². The molecule has 2 saturated heterocycles. The van der Waals surface area contributed by atoms with Crippen LogP contribution in [0.4, 0.5) is 0 Å². The van der Waals surface area contributed by atoms with Crippen molar-refractivity contribution in [3.05, 3.63) is 0 Å². The van der Waals surface area contributed by atoms with E-state index in [9.17, 15) is 9.59 Å². The van der Waals surface area contributed by atoms with Crippen molar-refractivity contribution in [3.63, 3.8) is 0 Å². The number of hydrogen-bond donors (Lipinski definition) is 1. The molecule has 3 fully saturated rings. The van der Waals surface area contributed by atoms with E-state index in [1.807, 2.05) is 4.90 Å². The van der Waals surface area contributed by atoms with Crippen molar-refractivity contribution in [2.75, 3.05) is 19.6 Å². The van der Waals surface area contributed by atoms with Crippen molar-refractivity contribution in [3.8, 4) is 0 Å². The fourth-order valence-electron chi connectivity index (χ4n) is 4.87. The Balaban J connectivity index is 1.39. The highest BCUT2D eigenvalue weighted by molar-refractivity contribution is 5.78. The predicted molar refractivity (Wildman–Crippen MR) is 106 cm³/mol. The Kier molecular flexibility index (Phi) is 7.18. The van der Waals surface area contributed by atoms with Gasteiger partial charge in [-0.1, -0.05) is 39.5 Å². The van der Waals surface area contributed by atoms with E-state index >= 15 is 0 Å². The van der Waals surface area contributed by atoms with Crippen molar-refractivity contribution in [2.45, 2.75) is 96.2 Å². The molecule has 0 bridgehead atoms. The SMILES string of the molecule is CCC(C)CC(=O)N1CCC2(CCC(CNC(=O)C3CCCCC3)O2)CC1. The Labute approximate surface area is 164 Å². The first kappa shape index (κ1) is 20.6. The second kappa shape index (κ2) is 9.40. The lowest BCUT2D eigenvalue weighted by Crippen LogP contribution is -2.47. The fourth-order valence-corrected chi connectivity index (χ4v) is 4.87. The molecule has 0 aromatic rings. The molecular formula is C22H38N2O3. The van der Waals surface area contributed by atoms with E-state index in [1.54, 1.807) is 0 Å². The third-order valence-corrected chi connectivity index (χ3v) is 7.07. The van der Waals surface area contributed by atoms with Crippen LogP contribution in [0.2, 0.25) is 0 Å². The molecule has 2 amide bonds. The lowest BCUT2D eigenvalue weighted by atomic mass is 9.88. The monoisotopic (exact) mass is 378 g/mol. The van der Waals surface area contributed by atoms with Crippen molar-refractivity contribution >= 4 is 11.8 Å². The van der Waals surface area contributed by atoms with Gasteiger partial charge < -0.3 is 15.0 Å². The number of carbonyl (C=O) groups is 2.